The summed E-state index contributed by atoms with van der Waals surface area (Å²) in [7, 11) is 0. The number of rotatable bonds is 8. The highest BCUT2D eigenvalue weighted by molar-refractivity contribution is 5.82. The molecular weight excluding hydrogens is 648 g/mol. The van der Waals surface area contributed by atoms with Crippen molar-refractivity contribution in [2.45, 2.75) is 79.7 Å². The van der Waals surface area contributed by atoms with Gasteiger partial charge >= 0.3 is 17.9 Å². The van der Waals surface area contributed by atoms with E-state index >= 15 is 0 Å². The van der Waals surface area contributed by atoms with Crippen LogP contribution in [-0.2, 0) is 42.8 Å². The molecule has 2 aromatic carbocycles. The minimum atomic E-state index is -1.05. The number of carbonyl (C=O) groups is 3. The van der Waals surface area contributed by atoms with Crippen molar-refractivity contribution in [1.29, 1.82) is 0 Å². The maximum absolute atomic E-state index is 13.4. The normalized spacial score (nSPS) is 23.1. The lowest BCUT2D eigenvalue weighted by Gasteiger charge is -2.39. The zero-order valence-corrected chi connectivity index (χ0v) is 30.3. The van der Waals surface area contributed by atoms with Crippen molar-refractivity contribution in [1.82, 2.24) is 0 Å². The van der Waals surface area contributed by atoms with Gasteiger partial charge in [0.25, 0.3) is 0 Å². The summed E-state index contributed by atoms with van der Waals surface area (Å²) >= 11 is 0. The summed E-state index contributed by atoms with van der Waals surface area (Å²) in [6, 6.07) is 11.8. The van der Waals surface area contributed by atoms with Crippen molar-refractivity contribution < 1.29 is 57.0 Å². The van der Waals surface area contributed by atoms with E-state index < -0.39 is 51.5 Å². The molecule has 2 aromatic rings. The topological polar surface area (TPSA) is 134 Å². The van der Waals surface area contributed by atoms with Crippen molar-refractivity contribution in [2.24, 2.45) is 16.2 Å². The molecule has 3 saturated heterocycles. The van der Waals surface area contributed by atoms with Crippen LogP contribution in [0.2, 0.25) is 0 Å². The molecule has 0 aliphatic carbocycles. The molecule has 3 aliphatic heterocycles. The fourth-order valence-corrected chi connectivity index (χ4v) is 4.94. The lowest BCUT2D eigenvalue weighted by molar-refractivity contribution is -0.280. The molecular formula is C38H48O12. The Morgan fingerprint density at radius 2 is 0.760 bits per heavy atom. The Balaban J connectivity index is 1.32. The predicted molar refractivity (Wildman–Crippen MR) is 181 cm³/mol. The first-order valence-electron chi connectivity index (χ1n) is 16.6. The minimum absolute atomic E-state index is 0.110. The third-order valence-corrected chi connectivity index (χ3v) is 8.79. The first-order chi connectivity index (χ1) is 23.2. The molecule has 0 amide bonds. The third kappa shape index (κ3) is 9.17. The van der Waals surface area contributed by atoms with Gasteiger partial charge in [-0.25, -0.2) is 0 Å². The van der Waals surface area contributed by atoms with Crippen molar-refractivity contribution >= 4 is 30.1 Å². The van der Waals surface area contributed by atoms with Gasteiger partial charge in [0.1, 0.15) is 33.5 Å². The minimum Gasteiger partial charge on any atom is -0.426 e. The van der Waals surface area contributed by atoms with Gasteiger partial charge in [-0.2, -0.15) is 0 Å². The molecule has 12 heteroatoms. The summed E-state index contributed by atoms with van der Waals surface area (Å²) in [5.41, 5.74) is -1.65. The van der Waals surface area contributed by atoms with Crippen molar-refractivity contribution in [3.8, 4) is 17.2 Å². The van der Waals surface area contributed by atoms with Crippen LogP contribution in [-0.4, -0.2) is 74.9 Å². The molecule has 0 saturated carbocycles. The highest BCUT2D eigenvalue weighted by Gasteiger charge is 2.46. The van der Waals surface area contributed by atoms with Crippen molar-refractivity contribution in [2.75, 3.05) is 39.6 Å². The molecule has 12 nitrogen and oxygen atoms in total. The Hall–Kier alpha value is -3.65. The van der Waals surface area contributed by atoms with Crippen LogP contribution in [0, 0.1) is 16.2 Å². The van der Waals surface area contributed by atoms with E-state index in [-0.39, 0.29) is 51.1 Å². The largest absolute Gasteiger partial charge is 0.426 e. The second-order valence-electron chi connectivity index (χ2n) is 15.4. The van der Waals surface area contributed by atoms with Gasteiger partial charge in [0.05, 0.1) is 39.6 Å². The van der Waals surface area contributed by atoms with Crippen LogP contribution in [0.4, 0.5) is 0 Å². The van der Waals surface area contributed by atoms with Gasteiger partial charge in [-0.15, -0.1) is 0 Å². The maximum Gasteiger partial charge on any atom is 0.321 e. The van der Waals surface area contributed by atoms with E-state index in [4.69, 9.17) is 42.6 Å². The zero-order valence-electron chi connectivity index (χ0n) is 30.3. The molecule has 3 heterocycles. The molecule has 3 fully saturated rings. The molecule has 0 spiro atoms. The SMILES string of the molecule is CC1(C)OCC(C)(C(=O)Oc2ccc(C=Cc3cc(OC(=O)C4(C)COC(C)(C)OC4)cc(OC(=O)C4(C)COC(C)(C)OC4)c3)cc2)CO1. The number of esters is 3. The molecule has 0 atom stereocenters. The second-order valence-corrected chi connectivity index (χ2v) is 15.4. The fourth-order valence-electron chi connectivity index (χ4n) is 4.94. The summed E-state index contributed by atoms with van der Waals surface area (Å²) in [5.74, 6) is -3.20. The molecule has 3 aliphatic rings. The van der Waals surface area contributed by atoms with Crippen LogP contribution < -0.4 is 14.2 Å². The predicted octanol–water partition coefficient (Wildman–Crippen LogP) is 5.94. The highest BCUT2D eigenvalue weighted by atomic mass is 16.7. The average Bonchev–Trinajstić information content (AvgIpc) is 3.05. The first-order valence-corrected chi connectivity index (χ1v) is 16.6. The Bertz CT molecular complexity index is 1520. The van der Waals surface area contributed by atoms with Gasteiger partial charge in [0.2, 0.25) is 0 Å². The van der Waals surface area contributed by atoms with Gasteiger partial charge in [-0.1, -0.05) is 24.3 Å². The fraction of sp³-hybridized carbons (Fsp3) is 0.553. The lowest BCUT2D eigenvalue weighted by atomic mass is 9.91. The monoisotopic (exact) mass is 696 g/mol. The van der Waals surface area contributed by atoms with Crippen LogP contribution in [0.5, 0.6) is 17.2 Å². The molecule has 5 rings (SSSR count). The van der Waals surface area contributed by atoms with E-state index in [9.17, 15) is 14.4 Å². The standard InChI is InChI=1S/C38H48O12/c1-33(2)42-19-36(7,20-43-33)30(39)48-27-14-12-25(13-15-27)10-11-26-16-28(49-31(40)37(8)21-44-34(3,4)45-22-37)18-29(17-26)50-32(41)38(9)23-46-35(5,6)47-24-38/h10-18H,19-24H2,1-9H3. The van der Waals surface area contributed by atoms with Crippen LogP contribution in [0.3, 0.4) is 0 Å². The van der Waals surface area contributed by atoms with E-state index in [2.05, 4.69) is 0 Å². The van der Waals surface area contributed by atoms with E-state index in [1.807, 2.05) is 6.08 Å². The molecule has 272 valence electrons. The summed E-state index contributed by atoms with van der Waals surface area (Å²) in [5, 5.41) is 0. The quantitative estimate of drug-likeness (QED) is 0.184. The number of carbonyl (C=O) groups excluding carboxylic acids is 3. The molecule has 0 unspecified atom stereocenters. The smallest absolute Gasteiger partial charge is 0.321 e. The Kier molecular flexibility index (Phi) is 10.4. The van der Waals surface area contributed by atoms with Crippen molar-refractivity contribution in [3.05, 3.63) is 53.6 Å². The number of ether oxygens (including phenoxy) is 9. The van der Waals surface area contributed by atoms with Crippen LogP contribution in [0.1, 0.15) is 73.4 Å². The summed E-state index contributed by atoms with van der Waals surface area (Å²) in [4.78, 5) is 39.6. The number of benzene rings is 2. The van der Waals surface area contributed by atoms with Gasteiger partial charge < -0.3 is 42.6 Å². The van der Waals surface area contributed by atoms with E-state index in [1.54, 1.807) is 105 Å². The Morgan fingerprint density at radius 3 is 1.10 bits per heavy atom. The van der Waals surface area contributed by atoms with Crippen LogP contribution in [0.25, 0.3) is 12.2 Å². The maximum atomic E-state index is 13.4. The first kappa shape index (κ1) is 37.6. The Morgan fingerprint density at radius 1 is 0.460 bits per heavy atom. The van der Waals surface area contributed by atoms with E-state index in [0.29, 0.717) is 11.3 Å². The van der Waals surface area contributed by atoms with Gasteiger partial charge in [-0.3, -0.25) is 14.4 Å². The number of hydrogen-bond donors (Lipinski definition) is 0. The van der Waals surface area contributed by atoms with E-state index in [0.717, 1.165) is 5.56 Å². The molecule has 0 radical (unpaired) electrons. The average molecular weight is 697 g/mol. The lowest BCUT2D eigenvalue weighted by Crippen LogP contribution is -2.50. The van der Waals surface area contributed by atoms with Gasteiger partial charge in [-0.05, 0) is 97.7 Å². The highest BCUT2D eigenvalue weighted by Crippen LogP contribution is 2.35. The van der Waals surface area contributed by atoms with Gasteiger partial charge in [0.15, 0.2) is 17.4 Å². The number of hydrogen-bond acceptors (Lipinski definition) is 12. The molecule has 0 bridgehead atoms. The summed E-state index contributed by atoms with van der Waals surface area (Å²) in [6.45, 7) is 16.7. The zero-order chi connectivity index (χ0) is 36.6. The summed E-state index contributed by atoms with van der Waals surface area (Å²) < 4.78 is 51.5. The van der Waals surface area contributed by atoms with Crippen LogP contribution in [0.15, 0.2) is 42.5 Å². The molecule has 0 aromatic heterocycles. The second kappa shape index (κ2) is 13.8. The van der Waals surface area contributed by atoms with Crippen molar-refractivity contribution in [3.63, 3.8) is 0 Å². The molecule has 0 N–H and O–H groups in total. The summed E-state index contributed by atoms with van der Waals surface area (Å²) in [6.07, 6.45) is 3.60. The third-order valence-electron chi connectivity index (χ3n) is 8.79. The van der Waals surface area contributed by atoms with Gasteiger partial charge in [0, 0.05) is 6.07 Å². The Labute approximate surface area is 293 Å². The molecule has 50 heavy (non-hydrogen) atoms. The van der Waals surface area contributed by atoms with Crippen LogP contribution >= 0.6 is 0 Å². The van der Waals surface area contributed by atoms with E-state index in [1.165, 1.54) is 6.07 Å².